The van der Waals surface area contributed by atoms with E-state index in [0.717, 1.165) is 5.56 Å². The van der Waals surface area contributed by atoms with Crippen LogP contribution in [0.2, 0.25) is 0 Å². The van der Waals surface area contributed by atoms with Crippen molar-refractivity contribution in [3.63, 3.8) is 0 Å². The second-order valence-corrected chi connectivity index (χ2v) is 3.84. The molecule has 0 saturated carbocycles. The van der Waals surface area contributed by atoms with Crippen LogP contribution in [0.5, 0.6) is 0 Å². The maximum Gasteiger partial charge on any atom is 0.308 e. The summed E-state index contributed by atoms with van der Waals surface area (Å²) in [5.74, 6) is -2.42. The molecule has 1 aromatic carbocycles. The Kier molecular flexibility index (Phi) is 3.19. The first-order chi connectivity index (χ1) is 7.68. The van der Waals surface area contributed by atoms with Gasteiger partial charge >= 0.3 is 5.97 Å². The summed E-state index contributed by atoms with van der Waals surface area (Å²) in [5.41, 5.74) is 0.968. The Morgan fingerprint density at radius 2 is 2.12 bits per heavy atom. The molecule has 4 heteroatoms. The van der Waals surface area contributed by atoms with Crippen LogP contribution in [0.15, 0.2) is 30.3 Å². The number of alkyl halides is 1. The quantitative estimate of drug-likeness (QED) is 0.735. The molecule has 0 amide bonds. The monoisotopic (exact) mass is 224 g/mol. The molecule has 2 rings (SSSR count). The Labute approximate surface area is 93.2 Å². The van der Waals surface area contributed by atoms with Crippen molar-refractivity contribution in [2.24, 2.45) is 0 Å². The van der Waals surface area contributed by atoms with Gasteiger partial charge in [0.2, 0.25) is 0 Å². The van der Waals surface area contributed by atoms with E-state index in [-0.39, 0.29) is 19.4 Å². The maximum atomic E-state index is 13.7. The molecule has 0 spiro atoms. The number of ether oxygens (including phenoxy) is 2. The van der Waals surface area contributed by atoms with Crippen molar-refractivity contribution in [2.45, 2.75) is 25.3 Å². The minimum atomic E-state index is -1.92. The lowest BCUT2D eigenvalue weighted by molar-refractivity contribution is -0.178. The van der Waals surface area contributed by atoms with Crippen LogP contribution in [0.1, 0.15) is 18.4 Å². The summed E-state index contributed by atoms with van der Waals surface area (Å²) in [4.78, 5) is 10.8. The number of hydrogen-bond donors (Lipinski definition) is 0. The van der Waals surface area contributed by atoms with Crippen molar-refractivity contribution in [3.8, 4) is 0 Å². The van der Waals surface area contributed by atoms with Crippen LogP contribution in [0.25, 0.3) is 0 Å². The van der Waals surface area contributed by atoms with E-state index < -0.39 is 11.8 Å². The van der Waals surface area contributed by atoms with Crippen molar-refractivity contribution in [1.29, 1.82) is 0 Å². The molecule has 16 heavy (non-hydrogen) atoms. The second kappa shape index (κ2) is 4.61. The lowest BCUT2D eigenvalue weighted by atomic mass is 10.2. The molecule has 0 N–H and O–H groups in total. The molecule has 0 aromatic heterocycles. The van der Waals surface area contributed by atoms with Crippen LogP contribution in [-0.4, -0.2) is 18.4 Å². The van der Waals surface area contributed by atoms with E-state index in [9.17, 15) is 9.18 Å². The summed E-state index contributed by atoms with van der Waals surface area (Å²) in [5, 5.41) is 0. The molecule has 0 unspecified atom stereocenters. The van der Waals surface area contributed by atoms with E-state index >= 15 is 0 Å². The van der Waals surface area contributed by atoms with Crippen LogP contribution in [0, 0.1) is 0 Å². The molecule has 86 valence electrons. The standard InChI is InChI=1S/C12H13FO3/c13-12(7-6-11(14)16-12)9-15-8-10-4-2-1-3-5-10/h1-5H,6-9H2/t12-/m0/s1. The summed E-state index contributed by atoms with van der Waals surface area (Å²) in [7, 11) is 0. The topological polar surface area (TPSA) is 35.5 Å². The van der Waals surface area contributed by atoms with Gasteiger partial charge in [-0.15, -0.1) is 0 Å². The number of cyclic esters (lactones) is 1. The first-order valence-corrected chi connectivity index (χ1v) is 5.20. The van der Waals surface area contributed by atoms with E-state index in [0.29, 0.717) is 6.61 Å². The average Bonchev–Trinajstić information content (AvgIpc) is 2.60. The number of benzene rings is 1. The normalized spacial score (nSPS) is 24.4. The van der Waals surface area contributed by atoms with Crippen molar-refractivity contribution in [2.75, 3.05) is 6.61 Å². The lowest BCUT2D eigenvalue weighted by Gasteiger charge is -2.17. The van der Waals surface area contributed by atoms with Crippen molar-refractivity contribution in [1.82, 2.24) is 0 Å². The van der Waals surface area contributed by atoms with Gasteiger partial charge in [-0.05, 0) is 5.56 Å². The van der Waals surface area contributed by atoms with E-state index in [2.05, 4.69) is 4.74 Å². The van der Waals surface area contributed by atoms with Crippen LogP contribution >= 0.6 is 0 Å². The van der Waals surface area contributed by atoms with Crippen molar-refractivity contribution < 1.29 is 18.7 Å². The zero-order chi connectivity index (χ0) is 11.4. The zero-order valence-corrected chi connectivity index (χ0v) is 8.82. The lowest BCUT2D eigenvalue weighted by Crippen LogP contribution is -2.28. The molecule has 1 heterocycles. The molecule has 1 fully saturated rings. The van der Waals surface area contributed by atoms with E-state index in [4.69, 9.17) is 4.74 Å². The average molecular weight is 224 g/mol. The Bertz CT molecular complexity index is 366. The van der Waals surface area contributed by atoms with Crippen LogP contribution < -0.4 is 0 Å². The Hall–Kier alpha value is -1.42. The SMILES string of the molecule is O=C1CC[C@@](F)(COCc2ccccc2)O1. The fourth-order valence-electron chi connectivity index (χ4n) is 1.59. The third-order valence-electron chi connectivity index (χ3n) is 2.43. The maximum absolute atomic E-state index is 13.7. The van der Waals surface area contributed by atoms with E-state index in [1.54, 1.807) is 0 Å². The Balaban J connectivity index is 1.78. The van der Waals surface area contributed by atoms with Crippen LogP contribution in [-0.2, 0) is 20.9 Å². The molecule has 1 aromatic rings. The molecule has 3 nitrogen and oxygen atoms in total. The number of carbonyl (C=O) groups excluding carboxylic acids is 1. The smallest absolute Gasteiger partial charge is 0.308 e. The van der Waals surface area contributed by atoms with Gasteiger partial charge in [0.25, 0.3) is 5.85 Å². The first-order valence-electron chi connectivity index (χ1n) is 5.20. The highest BCUT2D eigenvalue weighted by Crippen LogP contribution is 2.28. The third-order valence-corrected chi connectivity index (χ3v) is 2.43. The number of hydrogen-bond acceptors (Lipinski definition) is 3. The summed E-state index contributed by atoms with van der Waals surface area (Å²) in [6.07, 6.45) is 0.214. The molecule has 1 aliphatic heterocycles. The molecule has 0 radical (unpaired) electrons. The minimum absolute atomic E-state index is 0.0840. The summed E-state index contributed by atoms with van der Waals surface area (Å²) < 4.78 is 23.5. The molecule has 0 aliphatic carbocycles. The largest absolute Gasteiger partial charge is 0.426 e. The summed E-state index contributed by atoms with van der Waals surface area (Å²) in [6.45, 7) is 0.123. The van der Waals surface area contributed by atoms with Gasteiger partial charge in [0.15, 0.2) is 0 Å². The van der Waals surface area contributed by atoms with Gasteiger partial charge in [-0.3, -0.25) is 4.79 Å². The fourth-order valence-corrected chi connectivity index (χ4v) is 1.59. The minimum Gasteiger partial charge on any atom is -0.426 e. The summed E-state index contributed by atoms with van der Waals surface area (Å²) in [6, 6.07) is 9.47. The molecular weight excluding hydrogens is 211 g/mol. The van der Waals surface area contributed by atoms with Gasteiger partial charge in [0, 0.05) is 6.42 Å². The summed E-state index contributed by atoms with van der Waals surface area (Å²) >= 11 is 0. The van der Waals surface area contributed by atoms with Crippen LogP contribution in [0.4, 0.5) is 4.39 Å². The molecule has 1 aliphatic rings. The Morgan fingerprint density at radius 1 is 1.38 bits per heavy atom. The van der Waals surface area contributed by atoms with Crippen molar-refractivity contribution >= 4 is 5.97 Å². The van der Waals surface area contributed by atoms with Gasteiger partial charge in [-0.1, -0.05) is 30.3 Å². The molecule has 1 saturated heterocycles. The number of carbonyl (C=O) groups is 1. The highest BCUT2D eigenvalue weighted by atomic mass is 19.2. The Morgan fingerprint density at radius 3 is 2.75 bits per heavy atom. The van der Waals surface area contributed by atoms with Crippen LogP contribution in [0.3, 0.4) is 0 Å². The number of halogens is 1. The number of esters is 1. The zero-order valence-electron chi connectivity index (χ0n) is 8.82. The third kappa shape index (κ3) is 2.79. The molecule has 1 atom stereocenters. The van der Waals surface area contributed by atoms with Gasteiger partial charge in [-0.25, -0.2) is 0 Å². The highest BCUT2D eigenvalue weighted by molar-refractivity contribution is 5.71. The predicted molar refractivity (Wildman–Crippen MR) is 55.3 cm³/mol. The first kappa shape index (κ1) is 11.1. The molecular formula is C12H13FO3. The number of rotatable bonds is 4. The van der Waals surface area contributed by atoms with Gasteiger partial charge < -0.3 is 9.47 Å². The highest BCUT2D eigenvalue weighted by Gasteiger charge is 2.40. The predicted octanol–water partition coefficient (Wildman–Crippen LogP) is 2.21. The van der Waals surface area contributed by atoms with Crippen molar-refractivity contribution in [3.05, 3.63) is 35.9 Å². The second-order valence-electron chi connectivity index (χ2n) is 3.84. The van der Waals surface area contributed by atoms with E-state index in [1.165, 1.54) is 0 Å². The van der Waals surface area contributed by atoms with Gasteiger partial charge in [0.1, 0.15) is 6.61 Å². The molecule has 0 bridgehead atoms. The van der Waals surface area contributed by atoms with Gasteiger partial charge in [0.05, 0.1) is 13.0 Å². The van der Waals surface area contributed by atoms with Gasteiger partial charge in [-0.2, -0.15) is 4.39 Å². The fraction of sp³-hybridized carbons (Fsp3) is 0.417. The van der Waals surface area contributed by atoms with E-state index in [1.807, 2.05) is 30.3 Å².